The summed E-state index contributed by atoms with van der Waals surface area (Å²) in [7, 11) is 0. The molecule has 7 heteroatoms. The fourth-order valence-electron chi connectivity index (χ4n) is 3.89. The van der Waals surface area contributed by atoms with Crippen LogP contribution in [0.15, 0.2) is 89.9 Å². The Balaban J connectivity index is 1.37. The van der Waals surface area contributed by atoms with Crippen molar-refractivity contribution in [1.82, 2.24) is 19.1 Å². The van der Waals surface area contributed by atoms with Crippen LogP contribution in [-0.4, -0.2) is 29.3 Å². The first-order chi connectivity index (χ1) is 16.0. The molecule has 3 aromatic heterocycles. The highest BCUT2D eigenvalue weighted by atomic mass is 16.3. The molecule has 0 saturated heterocycles. The number of nitrogens with zero attached hydrogens (tertiary/aromatic N) is 4. The van der Waals surface area contributed by atoms with Crippen molar-refractivity contribution in [3.63, 3.8) is 0 Å². The zero-order chi connectivity index (χ0) is 22.9. The van der Waals surface area contributed by atoms with Crippen LogP contribution in [0.3, 0.4) is 0 Å². The third kappa shape index (κ3) is 4.00. The topological polar surface area (TPSA) is 89.2 Å². The van der Waals surface area contributed by atoms with Crippen LogP contribution in [0.25, 0.3) is 45.4 Å². The molecule has 2 aromatic carbocycles. The van der Waals surface area contributed by atoms with E-state index in [4.69, 9.17) is 4.42 Å². The first kappa shape index (κ1) is 20.9. The quantitative estimate of drug-likeness (QED) is 0.371. The summed E-state index contributed by atoms with van der Waals surface area (Å²) in [5.41, 5.74) is 3.75. The van der Waals surface area contributed by atoms with Crippen molar-refractivity contribution in [2.24, 2.45) is 0 Å². The first-order valence-electron chi connectivity index (χ1n) is 10.7. The second-order valence-corrected chi connectivity index (χ2v) is 7.90. The molecule has 0 aliphatic rings. The van der Waals surface area contributed by atoms with E-state index in [1.807, 2.05) is 60.7 Å². The number of furan rings is 1. The molecule has 0 amide bonds. The van der Waals surface area contributed by atoms with Gasteiger partial charge in [-0.05, 0) is 26.0 Å². The van der Waals surface area contributed by atoms with E-state index in [1.165, 1.54) is 0 Å². The molecule has 5 aromatic rings. The summed E-state index contributed by atoms with van der Waals surface area (Å²) >= 11 is 0. The number of hydrogen-bond acceptors (Lipinski definition) is 5. The van der Waals surface area contributed by atoms with Crippen LogP contribution in [0.2, 0.25) is 0 Å². The molecule has 7 nitrogen and oxygen atoms in total. The molecule has 166 valence electrons. The largest absolute Gasteiger partial charge is 0.456 e. The summed E-state index contributed by atoms with van der Waals surface area (Å²) in [6, 6.07) is 19.7. The maximum Gasteiger partial charge on any atom is 0.141 e. The molecule has 0 aliphatic carbocycles. The molecule has 0 bridgehead atoms. The van der Waals surface area contributed by atoms with Gasteiger partial charge in [0.05, 0.1) is 0 Å². The lowest BCUT2D eigenvalue weighted by atomic mass is 10.1. The van der Waals surface area contributed by atoms with Crippen LogP contribution in [0.5, 0.6) is 0 Å². The molecule has 2 unspecified atom stereocenters. The van der Waals surface area contributed by atoms with Crippen molar-refractivity contribution in [1.29, 1.82) is 0 Å². The Kier molecular flexibility index (Phi) is 5.42. The van der Waals surface area contributed by atoms with Gasteiger partial charge in [-0.15, -0.1) is 0 Å². The van der Waals surface area contributed by atoms with E-state index in [-0.39, 0.29) is 0 Å². The van der Waals surface area contributed by atoms with Gasteiger partial charge in [0.2, 0.25) is 0 Å². The van der Waals surface area contributed by atoms with E-state index in [0.717, 1.165) is 33.8 Å². The molecule has 0 aliphatic heterocycles. The summed E-state index contributed by atoms with van der Waals surface area (Å²) in [5, 5.41) is 19.8. The molecular formula is C26H24N4O3. The average molecular weight is 441 g/mol. The molecule has 0 spiro atoms. The second-order valence-electron chi connectivity index (χ2n) is 7.90. The summed E-state index contributed by atoms with van der Waals surface area (Å²) < 4.78 is 9.56. The van der Waals surface area contributed by atoms with Crippen LogP contribution in [-0.2, 0) is 0 Å². The van der Waals surface area contributed by atoms with E-state index in [9.17, 15) is 10.2 Å². The maximum absolute atomic E-state index is 9.90. The SMILES string of the molecule is CC(O)n1ccnc1-c1ccc(-c2ccc(-c3ccc(-c4nccn4C(C)O)cc3)o2)cc1. The predicted octanol–water partition coefficient (Wildman–Crippen LogP) is 5.36. The van der Waals surface area contributed by atoms with Crippen LogP contribution >= 0.6 is 0 Å². The van der Waals surface area contributed by atoms with Gasteiger partial charge in [-0.2, -0.15) is 0 Å². The minimum Gasteiger partial charge on any atom is -0.456 e. The lowest BCUT2D eigenvalue weighted by Gasteiger charge is -2.11. The van der Waals surface area contributed by atoms with Crippen molar-refractivity contribution in [2.45, 2.75) is 26.3 Å². The van der Waals surface area contributed by atoms with Gasteiger partial charge in [0.1, 0.15) is 35.6 Å². The molecule has 33 heavy (non-hydrogen) atoms. The number of benzene rings is 2. The van der Waals surface area contributed by atoms with Gasteiger partial charge in [-0.3, -0.25) is 0 Å². The van der Waals surface area contributed by atoms with Crippen molar-refractivity contribution in [2.75, 3.05) is 0 Å². The Bertz CT molecular complexity index is 1260. The summed E-state index contributed by atoms with van der Waals surface area (Å²) in [6.07, 6.45) is 5.59. The number of imidazole rings is 2. The summed E-state index contributed by atoms with van der Waals surface area (Å²) in [6.45, 7) is 3.41. The van der Waals surface area contributed by atoms with Gasteiger partial charge >= 0.3 is 0 Å². The number of aliphatic hydroxyl groups excluding tert-OH is 2. The van der Waals surface area contributed by atoms with Crippen LogP contribution in [0.1, 0.15) is 26.3 Å². The highest BCUT2D eigenvalue weighted by Gasteiger charge is 2.13. The average Bonchev–Trinajstić information content (AvgIpc) is 3.60. The van der Waals surface area contributed by atoms with Gasteiger partial charge in [-0.1, -0.05) is 48.5 Å². The molecule has 0 fully saturated rings. The lowest BCUT2D eigenvalue weighted by molar-refractivity contribution is 0.126. The predicted molar refractivity (Wildman–Crippen MR) is 126 cm³/mol. The monoisotopic (exact) mass is 440 g/mol. The number of aromatic nitrogens is 4. The van der Waals surface area contributed by atoms with Gasteiger partial charge < -0.3 is 23.8 Å². The van der Waals surface area contributed by atoms with Gasteiger partial charge in [-0.25, -0.2) is 9.97 Å². The van der Waals surface area contributed by atoms with Crippen molar-refractivity contribution in [3.05, 3.63) is 85.5 Å². The number of aliphatic hydroxyl groups is 2. The lowest BCUT2D eigenvalue weighted by Crippen LogP contribution is -2.04. The molecule has 3 heterocycles. The maximum atomic E-state index is 9.90. The van der Waals surface area contributed by atoms with E-state index < -0.39 is 12.5 Å². The Morgan fingerprint density at radius 2 is 0.970 bits per heavy atom. The van der Waals surface area contributed by atoms with Crippen molar-refractivity contribution >= 4 is 0 Å². The Hall–Kier alpha value is -3.94. The van der Waals surface area contributed by atoms with E-state index in [2.05, 4.69) is 9.97 Å². The van der Waals surface area contributed by atoms with Crippen LogP contribution in [0.4, 0.5) is 0 Å². The molecule has 0 radical (unpaired) electrons. The molecule has 0 saturated carbocycles. The van der Waals surface area contributed by atoms with Crippen molar-refractivity contribution < 1.29 is 14.6 Å². The summed E-state index contributed by atoms with van der Waals surface area (Å²) in [5.74, 6) is 2.97. The minimum atomic E-state index is -0.645. The smallest absolute Gasteiger partial charge is 0.141 e. The normalized spacial score (nSPS) is 13.2. The van der Waals surface area contributed by atoms with E-state index in [0.29, 0.717) is 11.6 Å². The highest BCUT2D eigenvalue weighted by Crippen LogP contribution is 2.31. The van der Waals surface area contributed by atoms with E-state index >= 15 is 0 Å². The second kappa shape index (κ2) is 8.54. The first-order valence-corrected chi connectivity index (χ1v) is 10.7. The fraction of sp³-hybridized carbons (Fsp3) is 0.154. The van der Waals surface area contributed by atoms with E-state index in [1.54, 1.807) is 47.8 Å². The van der Waals surface area contributed by atoms with Gasteiger partial charge in [0.15, 0.2) is 0 Å². The van der Waals surface area contributed by atoms with Gasteiger partial charge in [0.25, 0.3) is 0 Å². The van der Waals surface area contributed by atoms with Crippen molar-refractivity contribution in [3.8, 4) is 45.4 Å². The highest BCUT2D eigenvalue weighted by molar-refractivity contribution is 5.69. The Labute approximate surface area is 191 Å². The van der Waals surface area contributed by atoms with Gasteiger partial charge in [0, 0.05) is 47.0 Å². The Morgan fingerprint density at radius 1 is 0.606 bits per heavy atom. The Morgan fingerprint density at radius 3 is 1.33 bits per heavy atom. The minimum absolute atomic E-state index is 0.645. The third-order valence-corrected chi connectivity index (χ3v) is 5.60. The molecule has 2 atom stereocenters. The molecule has 5 rings (SSSR count). The number of hydrogen-bond donors (Lipinski definition) is 2. The summed E-state index contributed by atoms with van der Waals surface area (Å²) in [4.78, 5) is 8.71. The molecular weight excluding hydrogens is 416 g/mol. The zero-order valence-electron chi connectivity index (χ0n) is 18.3. The standard InChI is InChI=1S/C26H24N4O3/c1-17(31)29-15-13-27-25(29)21-7-3-19(4-8-21)23-11-12-24(33-23)20-5-9-22(10-6-20)26-28-14-16-30(26)18(2)32/h3-18,31-32H,1-2H3. The molecule has 2 N–H and O–H groups in total. The fourth-order valence-corrected chi connectivity index (χ4v) is 3.89. The third-order valence-electron chi connectivity index (χ3n) is 5.60. The zero-order valence-corrected chi connectivity index (χ0v) is 18.3. The van der Waals surface area contributed by atoms with Crippen LogP contribution in [0, 0.1) is 0 Å². The number of rotatable bonds is 6. The van der Waals surface area contributed by atoms with Crippen LogP contribution < -0.4 is 0 Å².